The van der Waals surface area contributed by atoms with Crippen molar-refractivity contribution < 1.29 is 37.3 Å². The van der Waals surface area contributed by atoms with Crippen LogP contribution in [0.3, 0.4) is 0 Å². The molecule has 0 radical (unpaired) electrons. The van der Waals surface area contributed by atoms with Gasteiger partial charge in [-0.1, -0.05) is 13.8 Å². The van der Waals surface area contributed by atoms with Crippen LogP contribution >= 0.6 is 0 Å². The number of ether oxygens (including phenoxy) is 1. The first kappa shape index (κ1) is 26.9. The zero-order valence-corrected chi connectivity index (χ0v) is 20.8. The number of hydrogen-bond donors (Lipinski definition) is 3. The molecule has 2 atom stereocenters. The molecule has 3 N–H and O–H groups in total. The van der Waals surface area contributed by atoms with Crippen LogP contribution in [0.2, 0.25) is 0 Å². The summed E-state index contributed by atoms with van der Waals surface area (Å²) in [5.74, 6) is -0.660. The molecule has 4 rings (SSSR count). The summed E-state index contributed by atoms with van der Waals surface area (Å²) in [5, 5.41) is 21.2. The standard InChI is InChI=1S/C27H30F4N2O4/c1-25(2,21-12-18(28)5-7-23(21)37-3)15-26(36,27(29,30)31)13-19-11-17-10-16(4-6-22(17)32-19)24(35)33-9-8-20(34)14-33/h4-7,10-12,20,32,34,36H,8-9,13-15H2,1-3H3. The highest BCUT2D eigenvalue weighted by molar-refractivity contribution is 5.98. The number of aliphatic hydroxyl groups is 2. The van der Waals surface area contributed by atoms with Gasteiger partial charge in [0.1, 0.15) is 11.6 Å². The van der Waals surface area contributed by atoms with Crippen molar-refractivity contribution in [3.05, 3.63) is 65.1 Å². The van der Waals surface area contributed by atoms with Crippen molar-refractivity contribution in [1.29, 1.82) is 0 Å². The number of fused-ring (bicyclic) bond motifs is 1. The minimum absolute atomic E-state index is 0.137. The van der Waals surface area contributed by atoms with Gasteiger partial charge in [-0.3, -0.25) is 4.79 Å². The predicted octanol–water partition coefficient (Wildman–Crippen LogP) is 4.73. The lowest BCUT2D eigenvalue weighted by Gasteiger charge is -2.38. The summed E-state index contributed by atoms with van der Waals surface area (Å²) in [7, 11) is 1.35. The molecule has 1 aromatic heterocycles. The molecule has 0 bridgehead atoms. The Kier molecular flexibility index (Phi) is 7.02. The number of nitrogens with one attached hydrogen (secondary N) is 1. The number of carbonyl (C=O) groups is 1. The number of aromatic amines is 1. The van der Waals surface area contributed by atoms with E-state index in [1.807, 2.05) is 0 Å². The first-order chi connectivity index (χ1) is 17.2. The van der Waals surface area contributed by atoms with Gasteiger partial charge >= 0.3 is 6.18 Å². The van der Waals surface area contributed by atoms with Gasteiger partial charge in [-0.25, -0.2) is 4.39 Å². The molecule has 1 amide bonds. The molecule has 0 saturated carbocycles. The molecule has 2 aromatic carbocycles. The summed E-state index contributed by atoms with van der Waals surface area (Å²) < 4.78 is 62.1. The third-order valence-electron chi connectivity index (χ3n) is 7.01. The summed E-state index contributed by atoms with van der Waals surface area (Å²) in [6.07, 6.45) is -6.58. The first-order valence-corrected chi connectivity index (χ1v) is 11.9. The number of methoxy groups -OCH3 is 1. The van der Waals surface area contributed by atoms with Crippen LogP contribution in [0.25, 0.3) is 10.9 Å². The van der Waals surface area contributed by atoms with E-state index in [1.54, 1.807) is 18.2 Å². The largest absolute Gasteiger partial charge is 0.496 e. The summed E-state index contributed by atoms with van der Waals surface area (Å²) in [5.41, 5.74) is -3.22. The molecule has 1 fully saturated rings. The zero-order valence-electron chi connectivity index (χ0n) is 20.8. The molecule has 1 saturated heterocycles. The predicted molar refractivity (Wildman–Crippen MR) is 130 cm³/mol. The Bertz CT molecular complexity index is 1300. The maximum atomic E-state index is 14.3. The summed E-state index contributed by atoms with van der Waals surface area (Å²) >= 11 is 0. The maximum absolute atomic E-state index is 14.3. The third-order valence-corrected chi connectivity index (χ3v) is 7.01. The van der Waals surface area contributed by atoms with Crippen LogP contribution in [0.1, 0.15) is 48.3 Å². The van der Waals surface area contributed by atoms with Crippen molar-refractivity contribution in [1.82, 2.24) is 9.88 Å². The molecule has 1 aliphatic rings. The fourth-order valence-corrected chi connectivity index (χ4v) is 5.14. The van der Waals surface area contributed by atoms with Crippen LogP contribution in [-0.2, 0) is 11.8 Å². The average molecular weight is 523 g/mol. The molecule has 6 nitrogen and oxygen atoms in total. The molecule has 0 spiro atoms. The van der Waals surface area contributed by atoms with Gasteiger partial charge in [-0.2, -0.15) is 13.2 Å². The molecule has 2 unspecified atom stereocenters. The number of β-amino-alcohol motifs (C(OH)–C–C–N with tert-alkyl or cyclic N) is 1. The second-order valence-corrected chi connectivity index (χ2v) is 10.4. The van der Waals surface area contributed by atoms with E-state index in [4.69, 9.17) is 4.74 Å². The molecular weight excluding hydrogens is 492 g/mol. The molecule has 3 aromatic rings. The van der Waals surface area contributed by atoms with Crippen LogP contribution in [0.5, 0.6) is 5.75 Å². The Hall–Kier alpha value is -3.11. The second kappa shape index (κ2) is 9.64. The summed E-state index contributed by atoms with van der Waals surface area (Å²) in [4.78, 5) is 17.2. The lowest BCUT2D eigenvalue weighted by Crippen LogP contribution is -2.51. The van der Waals surface area contributed by atoms with E-state index in [1.165, 1.54) is 38.0 Å². The van der Waals surface area contributed by atoms with Gasteiger partial charge in [0.05, 0.1) is 13.2 Å². The van der Waals surface area contributed by atoms with Gasteiger partial charge in [-0.05, 0) is 60.7 Å². The highest BCUT2D eigenvalue weighted by Crippen LogP contribution is 2.45. The van der Waals surface area contributed by atoms with Gasteiger partial charge in [0.25, 0.3) is 5.91 Å². The van der Waals surface area contributed by atoms with Crippen LogP contribution < -0.4 is 4.74 Å². The van der Waals surface area contributed by atoms with E-state index < -0.39 is 42.0 Å². The molecule has 0 aliphatic carbocycles. The fraction of sp³-hybridized carbons (Fsp3) is 0.444. The second-order valence-electron chi connectivity index (χ2n) is 10.4. The maximum Gasteiger partial charge on any atom is 0.417 e. The first-order valence-electron chi connectivity index (χ1n) is 11.9. The van der Waals surface area contributed by atoms with Gasteiger partial charge in [0, 0.05) is 47.2 Å². The number of hydrogen-bond acceptors (Lipinski definition) is 4. The number of aliphatic hydroxyl groups excluding tert-OH is 1. The van der Waals surface area contributed by atoms with Crippen LogP contribution in [0, 0.1) is 5.82 Å². The molecule has 200 valence electrons. The van der Waals surface area contributed by atoms with Gasteiger partial charge in [0.2, 0.25) is 0 Å². The minimum atomic E-state index is -4.99. The Morgan fingerprint density at radius 1 is 1.16 bits per heavy atom. The number of H-pyrrole nitrogens is 1. The number of carbonyl (C=O) groups excluding carboxylic acids is 1. The third kappa shape index (κ3) is 5.45. The van der Waals surface area contributed by atoms with Gasteiger partial charge in [0.15, 0.2) is 5.60 Å². The number of alkyl halides is 3. The van der Waals surface area contributed by atoms with E-state index in [-0.39, 0.29) is 29.5 Å². The molecule has 37 heavy (non-hydrogen) atoms. The minimum Gasteiger partial charge on any atom is -0.496 e. The lowest BCUT2D eigenvalue weighted by molar-refractivity contribution is -0.266. The number of halogens is 4. The summed E-state index contributed by atoms with van der Waals surface area (Å²) in [6, 6.07) is 9.87. The van der Waals surface area contributed by atoms with Crippen molar-refractivity contribution in [3.63, 3.8) is 0 Å². The van der Waals surface area contributed by atoms with Gasteiger partial charge < -0.3 is 24.8 Å². The number of benzene rings is 2. The van der Waals surface area contributed by atoms with E-state index in [0.717, 1.165) is 12.1 Å². The number of rotatable bonds is 7. The number of likely N-dealkylation sites (tertiary alicyclic amines) is 1. The number of nitrogens with zero attached hydrogens (tertiary/aromatic N) is 1. The van der Waals surface area contributed by atoms with Crippen molar-refractivity contribution >= 4 is 16.8 Å². The molecule has 10 heteroatoms. The average Bonchev–Trinajstić information content (AvgIpc) is 3.42. The highest BCUT2D eigenvalue weighted by Gasteiger charge is 2.56. The van der Waals surface area contributed by atoms with Gasteiger partial charge in [-0.15, -0.1) is 0 Å². The quantitative estimate of drug-likeness (QED) is 0.392. The summed E-state index contributed by atoms with van der Waals surface area (Å²) in [6.45, 7) is 3.67. The van der Waals surface area contributed by atoms with E-state index in [0.29, 0.717) is 29.4 Å². The van der Waals surface area contributed by atoms with Crippen LogP contribution in [0.15, 0.2) is 42.5 Å². The highest BCUT2D eigenvalue weighted by atomic mass is 19.4. The SMILES string of the molecule is COc1ccc(F)cc1C(C)(C)CC(O)(Cc1cc2cc(C(=O)N3CCC(O)C3)ccc2[nH]1)C(F)(F)F. The van der Waals surface area contributed by atoms with E-state index in [2.05, 4.69) is 4.98 Å². The monoisotopic (exact) mass is 522 g/mol. The Balaban J connectivity index is 1.63. The van der Waals surface area contributed by atoms with Crippen molar-refractivity contribution in [3.8, 4) is 5.75 Å². The lowest BCUT2D eigenvalue weighted by atomic mass is 9.73. The topological polar surface area (TPSA) is 85.8 Å². The number of amides is 1. The van der Waals surface area contributed by atoms with Crippen LogP contribution in [-0.4, -0.2) is 64.1 Å². The Morgan fingerprint density at radius 2 is 1.89 bits per heavy atom. The zero-order chi connectivity index (χ0) is 27.2. The smallest absolute Gasteiger partial charge is 0.417 e. The normalized spacial score (nSPS) is 18.3. The van der Waals surface area contributed by atoms with Crippen molar-refractivity contribution in [2.75, 3.05) is 20.2 Å². The molecule has 1 aliphatic heterocycles. The molecule has 2 heterocycles. The Morgan fingerprint density at radius 3 is 2.51 bits per heavy atom. The van der Waals surface area contributed by atoms with E-state index in [9.17, 15) is 32.6 Å². The van der Waals surface area contributed by atoms with Crippen molar-refractivity contribution in [2.45, 2.75) is 56.4 Å². The Labute approximate surface area is 211 Å². The van der Waals surface area contributed by atoms with Crippen LogP contribution in [0.4, 0.5) is 17.6 Å². The molecular formula is C27H30F4N2O4. The number of aromatic nitrogens is 1. The van der Waals surface area contributed by atoms with E-state index >= 15 is 0 Å². The fourth-order valence-electron chi connectivity index (χ4n) is 5.14. The van der Waals surface area contributed by atoms with Crippen molar-refractivity contribution in [2.24, 2.45) is 0 Å².